The topological polar surface area (TPSA) is 98.3 Å². The van der Waals surface area contributed by atoms with Crippen molar-refractivity contribution in [2.75, 3.05) is 37.7 Å². The Kier molecular flexibility index (Phi) is 7.55. The lowest BCUT2D eigenvalue weighted by Gasteiger charge is -2.11. The predicted molar refractivity (Wildman–Crippen MR) is 123 cm³/mol. The first-order valence-electron chi connectivity index (χ1n) is 9.39. The largest absolute Gasteiger partial charge is 0.497 e. The minimum Gasteiger partial charge on any atom is -0.497 e. The van der Waals surface area contributed by atoms with Gasteiger partial charge in [0.05, 0.1) is 55.6 Å². The van der Waals surface area contributed by atoms with Crippen LogP contribution in [0.15, 0.2) is 59.2 Å². The van der Waals surface area contributed by atoms with Crippen LogP contribution in [0.4, 0.5) is 17.1 Å². The number of para-hydroxylation sites is 2. The van der Waals surface area contributed by atoms with Gasteiger partial charge >= 0.3 is 5.97 Å². The van der Waals surface area contributed by atoms with Crippen molar-refractivity contribution in [2.45, 2.75) is 6.42 Å². The number of carbonyl (C=O) groups is 2. The molecule has 8 nitrogen and oxygen atoms in total. The van der Waals surface area contributed by atoms with E-state index >= 15 is 0 Å². The summed E-state index contributed by atoms with van der Waals surface area (Å²) >= 11 is 1.27. The number of ether oxygens (including phenoxy) is 3. The Morgan fingerprint density at radius 2 is 1.90 bits per heavy atom. The Hall–Kier alpha value is -3.46. The number of nitrogens with zero attached hydrogens (tertiary/aromatic N) is 1. The molecule has 0 spiro atoms. The Morgan fingerprint density at radius 1 is 1.10 bits per heavy atom. The molecule has 162 valence electrons. The second-order valence-corrected chi connectivity index (χ2v) is 7.41. The third-order valence-electron chi connectivity index (χ3n) is 4.32. The van der Waals surface area contributed by atoms with Crippen LogP contribution in [0.5, 0.6) is 11.5 Å². The summed E-state index contributed by atoms with van der Waals surface area (Å²) in [6.45, 7) is 0. The van der Waals surface area contributed by atoms with Crippen molar-refractivity contribution in [3.63, 3.8) is 0 Å². The van der Waals surface area contributed by atoms with E-state index in [4.69, 9.17) is 14.2 Å². The van der Waals surface area contributed by atoms with E-state index in [9.17, 15) is 9.59 Å². The van der Waals surface area contributed by atoms with Crippen LogP contribution >= 0.6 is 11.8 Å². The van der Waals surface area contributed by atoms with Crippen LogP contribution in [-0.4, -0.2) is 44.0 Å². The summed E-state index contributed by atoms with van der Waals surface area (Å²) in [4.78, 5) is 28.9. The van der Waals surface area contributed by atoms with E-state index in [0.29, 0.717) is 27.9 Å². The van der Waals surface area contributed by atoms with E-state index < -0.39 is 0 Å². The van der Waals surface area contributed by atoms with Gasteiger partial charge in [-0.25, -0.2) is 4.99 Å². The van der Waals surface area contributed by atoms with Gasteiger partial charge in [0.25, 0.3) is 0 Å². The monoisotopic (exact) mass is 441 g/mol. The summed E-state index contributed by atoms with van der Waals surface area (Å²) in [5, 5.41) is 6.65. The SMILES string of the molecule is COC(=O)CC1=CC(SCC(=O)Nc2ccc(OC)cc2OC)=Nc2ccccc2N1. The quantitative estimate of drug-likeness (QED) is 0.627. The van der Waals surface area contributed by atoms with Crippen molar-refractivity contribution in [1.82, 2.24) is 0 Å². The first kappa shape index (κ1) is 22.2. The molecular weight excluding hydrogens is 418 g/mol. The lowest BCUT2D eigenvalue weighted by atomic mass is 10.2. The lowest BCUT2D eigenvalue weighted by molar-refractivity contribution is -0.139. The minimum atomic E-state index is -0.369. The number of thioether (sulfide) groups is 1. The Labute approximate surface area is 184 Å². The molecule has 2 N–H and O–H groups in total. The molecule has 0 aromatic heterocycles. The Balaban J connectivity index is 1.72. The maximum atomic E-state index is 12.5. The normalized spacial score (nSPS) is 12.4. The zero-order valence-electron chi connectivity index (χ0n) is 17.4. The van der Waals surface area contributed by atoms with Gasteiger partial charge in [0, 0.05) is 11.8 Å². The summed E-state index contributed by atoms with van der Waals surface area (Å²) in [6, 6.07) is 12.6. The molecule has 1 aliphatic rings. The van der Waals surface area contributed by atoms with Crippen LogP contribution in [-0.2, 0) is 14.3 Å². The standard InChI is InChI=1S/C22H23N3O5S/c1-28-15-8-9-18(19(12-15)29-2)24-20(26)13-31-21-10-14(11-22(27)30-3)23-16-6-4-5-7-17(16)25-21/h4-10,12,23H,11,13H2,1-3H3,(H,24,26). The fraction of sp³-hybridized carbons (Fsp3) is 0.227. The van der Waals surface area contributed by atoms with Crippen molar-refractivity contribution in [3.05, 3.63) is 54.2 Å². The highest BCUT2D eigenvalue weighted by molar-refractivity contribution is 8.14. The molecule has 1 amide bonds. The second-order valence-electron chi connectivity index (χ2n) is 6.42. The van der Waals surface area contributed by atoms with E-state index in [0.717, 1.165) is 11.4 Å². The maximum Gasteiger partial charge on any atom is 0.311 e. The van der Waals surface area contributed by atoms with Crippen LogP contribution < -0.4 is 20.1 Å². The van der Waals surface area contributed by atoms with Gasteiger partial charge in [-0.1, -0.05) is 23.9 Å². The van der Waals surface area contributed by atoms with Gasteiger partial charge in [0.2, 0.25) is 5.91 Å². The summed E-state index contributed by atoms with van der Waals surface area (Å²) in [5.74, 6) is 0.670. The highest BCUT2D eigenvalue weighted by Gasteiger charge is 2.16. The predicted octanol–water partition coefficient (Wildman–Crippen LogP) is 3.98. The molecule has 0 saturated heterocycles. The van der Waals surface area contributed by atoms with Crippen LogP contribution in [0.1, 0.15) is 6.42 Å². The average Bonchev–Trinajstić information content (AvgIpc) is 2.96. The summed E-state index contributed by atoms with van der Waals surface area (Å²) in [6.07, 6.45) is 1.82. The van der Waals surface area contributed by atoms with Crippen molar-refractivity contribution in [2.24, 2.45) is 4.99 Å². The molecule has 2 aromatic carbocycles. The number of rotatable bonds is 7. The number of methoxy groups -OCH3 is 3. The van der Waals surface area contributed by atoms with Crippen molar-refractivity contribution >= 4 is 45.7 Å². The molecule has 0 atom stereocenters. The zero-order valence-corrected chi connectivity index (χ0v) is 18.2. The number of anilines is 2. The number of amides is 1. The second kappa shape index (κ2) is 10.5. The molecule has 0 saturated carbocycles. The Morgan fingerprint density at radius 3 is 2.65 bits per heavy atom. The van der Waals surface area contributed by atoms with E-state index in [2.05, 4.69) is 15.6 Å². The molecule has 0 unspecified atom stereocenters. The van der Waals surface area contributed by atoms with Gasteiger partial charge < -0.3 is 24.8 Å². The van der Waals surface area contributed by atoms with Gasteiger partial charge in [-0.3, -0.25) is 9.59 Å². The molecule has 0 bridgehead atoms. The van der Waals surface area contributed by atoms with Crippen LogP contribution in [0.3, 0.4) is 0 Å². The molecule has 1 heterocycles. The van der Waals surface area contributed by atoms with Crippen molar-refractivity contribution in [1.29, 1.82) is 0 Å². The molecule has 31 heavy (non-hydrogen) atoms. The zero-order chi connectivity index (χ0) is 22.2. The van der Waals surface area contributed by atoms with E-state index in [1.165, 1.54) is 26.0 Å². The maximum absolute atomic E-state index is 12.5. The Bertz CT molecular complexity index is 1040. The summed E-state index contributed by atoms with van der Waals surface area (Å²) < 4.78 is 15.3. The first-order chi connectivity index (χ1) is 15.0. The minimum absolute atomic E-state index is 0.0691. The number of hydrogen-bond acceptors (Lipinski definition) is 8. The van der Waals surface area contributed by atoms with E-state index in [1.54, 1.807) is 31.4 Å². The molecule has 2 aromatic rings. The van der Waals surface area contributed by atoms with E-state index in [1.807, 2.05) is 24.3 Å². The molecule has 0 fully saturated rings. The number of esters is 1. The van der Waals surface area contributed by atoms with Crippen LogP contribution in [0.2, 0.25) is 0 Å². The molecule has 0 aliphatic carbocycles. The number of nitrogens with one attached hydrogen (secondary N) is 2. The number of aliphatic imine (C=N–C) groups is 1. The summed E-state index contributed by atoms with van der Waals surface area (Å²) in [7, 11) is 4.43. The molecule has 0 radical (unpaired) electrons. The average molecular weight is 442 g/mol. The van der Waals surface area contributed by atoms with Crippen LogP contribution in [0, 0.1) is 0 Å². The van der Waals surface area contributed by atoms with Gasteiger partial charge in [0.1, 0.15) is 11.5 Å². The highest BCUT2D eigenvalue weighted by atomic mass is 32.2. The number of carbonyl (C=O) groups excluding carboxylic acids is 2. The lowest BCUT2D eigenvalue weighted by Crippen LogP contribution is -2.16. The fourth-order valence-corrected chi connectivity index (χ4v) is 3.55. The number of benzene rings is 2. The number of hydrogen-bond donors (Lipinski definition) is 2. The van der Waals surface area contributed by atoms with Gasteiger partial charge in [0.15, 0.2) is 0 Å². The molecular formula is C22H23N3O5S. The van der Waals surface area contributed by atoms with Gasteiger partial charge in [-0.05, 0) is 30.3 Å². The highest BCUT2D eigenvalue weighted by Crippen LogP contribution is 2.32. The van der Waals surface area contributed by atoms with E-state index in [-0.39, 0.29) is 24.1 Å². The smallest absolute Gasteiger partial charge is 0.311 e. The van der Waals surface area contributed by atoms with Gasteiger partial charge in [-0.2, -0.15) is 0 Å². The third-order valence-corrected chi connectivity index (χ3v) is 5.24. The van der Waals surface area contributed by atoms with Crippen molar-refractivity contribution < 1.29 is 23.8 Å². The first-order valence-corrected chi connectivity index (χ1v) is 10.4. The van der Waals surface area contributed by atoms with Gasteiger partial charge in [-0.15, -0.1) is 0 Å². The summed E-state index contributed by atoms with van der Waals surface area (Å²) in [5.41, 5.74) is 2.69. The molecule has 3 rings (SSSR count). The van der Waals surface area contributed by atoms with Crippen molar-refractivity contribution in [3.8, 4) is 11.5 Å². The molecule has 9 heteroatoms. The molecule has 1 aliphatic heterocycles. The number of fused-ring (bicyclic) bond motifs is 1. The third kappa shape index (κ3) is 6.02. The fourth-order valence-electron chi connectivity index (χ4n) is 2.81. The van der Waals surface area contributed by atoms with Crippen LogP contribution in [0.25, 0.3) is 0 Å².